The van der Waals surface area contributed by atoms with Gasteiger partial charge in [-0.05, 0) is 48.4 Å². The third kappa shape index (κ3) is 2.94. The summed E-state index contributed by atoms with van der Waals surface area (Å²) in [6, 6.07) is 20.2. The smallest absolute Gasteiger partial charge is 0.0323 e. The minimum atomic E-state index is 0.533. The van der Waals surface area contributed by atoms with Crippen molar-refractivity contribution in [3.05, 3.63) is 71.3 Å². The number of rotatable bonds is 4. The standard InChI is InChI=1S/C19H23N/c1-15-11-12-19(18-10-6-5-9-17(15)18)20-14-13-16-7-3-2-4-8-16/h2-10,15,19-20H,11-14H2,1H3. The van der Waals surface area contributed by atoms with Crippen LogP contribution in [0.3, 0.4) is 0 Å². The Balaban J connectivity index is 1.63. The molecule has 1 heteroatoms. The summed E-state index contributed by atoms with van der Waals surface area (Å²) in [6.07, 6.45) is 3.65. The second-order valence-electron chi connectivity index (χ2n) is 5.85. The Morgan fingerprint density at radius 3 is 2.40 bits per heavy atom. The summed E-state index contributed by atoms with van der Waals surface area (Å²) in [6.45, 7) is 3.40. The molecule has 1 N–H and O–H groups in total. The van der Waals surface area contributed by atoms with Crippen LogP contribution in [0.15, 0.2) is 54.6 Å². The van der Waals surface area contributed by atoms with Crippen molar-refractivity contribution in [2.24, 2.45) is 0 Å². The highest BCUT2D eigenvalue weighted by molar-refractivity contribution is 5.34. The molecule has 0 aromatic heterocycles. The molecule has 0 heterocycles. The summed E-state index contributed by atoms with van der Waals surface area (Å²) in [4.78, 5) is 0. The molecule has 20 heavy (non-hydrogen) atoms. The molecular weight excluding hydrogens is 242 g/mol. The zero-order chi connectivity index (χ0) is 13.8. The fraction of sp³-hybridized carbons (Fsp3) is 0.368. The zero-order valence-corrected chi connectivity index (χ0v) is 12.2. The SMILES string of the molecule is CC1CCC(NCCc2ccccc2)c2ccccc21. The average molecular weight is 265 g/mol. The van der Waals surface area contributed by atoms with E-state index in [1.54, 1.807) is 0 Å². The van der Waals surface area contributed by atoms with E-state index in [-0.39, 0.29) is 0 Å². The van der Waals surface area contributed by atoms with Crippen molar-refractivity contribution in [1.29, 1.82) is 0 Å². The molecule has 1 aliphatic rings. The van der Waals surface area contributed by atoms with E-state index in [4.69, 9.17) is 0 Å². The molecule has 104 valence electrons. The first kappa shape index (κ1) is 13.4. The van der Waals surface area contributed by atoms with Crippen LogP contribution in [-0.4, -0.2) is 6.54 Å². The molecule has 3 rings (SSSR count). The van der Waals surface area contributed by atoms with Crippen LogP contribution in [0, 0.1) is 0 Å². The summed E-state index contributed by atoms with van der Waals surface area (Å²) in [7, 11) is 0. The molecular formula is C19H23N. The first-order valence-corrected chi connectivity index (χ1v) is 7.71. The highest BCUT2D eigenvalue weighted by Gasteiger charge is 2.23. The fourth-order valence-corrected chi connectivity index (χ4v) is 3.25. The molecule has 0 fully saturated rings. The lowest BCUT2D eigenvalue weighted by Crippen LogP contribution is -2.27. The van der Waals surface area contributed by atoms with Crippen molar-refractivity contribution in [3.8, 4) is 0 Å². The number of nitrogens with one attached hydrogen (secondary N) is 1. The molecule has 0 saturated heterocycles. The predicted octanol–water partition coefficient (Wildman–Crippen LogP) is 4.46. The Hall–Kier alpha value is -1.60. The fourth-order valence-electron chi connectivity index (χ4n) is 3.25. The molecule has 0 aliphatic heterocycles. The van der Waals surface area contributed by atoms with Gasteiger partial charge in [-0.3, -0.25) is 0 Å². The third-order valence-corrected chi connectivity index (χ3v) is 4.44. The van der Waals surface area contributed by atoms with Crippen molar-refractivity contribution in [3.63, 3.8) is 0 Å². The number of hydrogen-bond donors (Lipinski definition) is 1. The van der Waals surface area contributed by atoms with Crippen LogP contribution in [-0.2, 0) is 6.42 Å². The normalized spacial score (nSPS) is 21.4. The molecule has 0 amide bonds. The van der Waals surface area contributed by atoms with Gasteiger partial charge in [0.1, 0.15) is 0 Å². The average Bonchev–Trinajstić information content (AvgIpc) is 2.51. The van der Waals surface area contributed by atoms with Gasteiger partial charge in [0.2, 0.25) is 0 Å². The van der Waals surface area contributed by atoms with Gasteiger partial charge in [0.15, 0.2) is 0 Å². The topological polar surface area (TPSA) is 12.0 Å². The van der Waals surface area contributed by atoms with Gasteiger partial charge in [0, 0.05) is 6.04 Å². The van der Waals surface area contributed by atoms with Gasteiger partial charge in [-0.15, -0.1) is 0 Å². The Bertz CT molecular complexity index is 547. The van der Waals surface area contributed by atoms with Crippen molar-refractivity contribution >= 4 is 0 Å². The zero-order valence-electron chi connectivity index (χ0n) is 12.2. The van der Waals surface area contributed by atoms with E-state index >= 15 is 0 Å². The Kier molecular flexibility index (Phi) is 4.17. The Morgan fingerprint density at radius 1 is 0.900 bits per heavy atom. The lowest BCUT2D eigenvalue weighted by Gasteiger charge is -2.30. The monoisotopic (exact) mass is 265 g/mol. The maximum atomic E-state index is 3.75. The molecule has 0 bridgehead atoms. The lowest BCUT2D eigenvalue weighted by molar-refractivity contribution is 0.434. The summed E-state index contributed by atoms with van der Waals surface area (Å²) >= 11 is 0. The van der Waals surface area contributed by atoms with E-state index in [0.717, 1.165) is 13.0 Å². The first-order chi connectivity index (χ1) is 9.84. The van der Waals surface area contributed by atoms with E-state index in [2.05, 4.69) is 66.8 Å². The van der Waals surface area contributed by atoms with Crippen molar-refractivity contribution < 1.29 is 0 Å². The summed E-state index contributed by atoms with van der Waals surface area (Å²) in [5.74, 6) is 0.707. The molecule has 2 aromatic carbocycles. The molecule has 1 nitrogen and oxygen atoms in total. The Morgan fingerprint density at radius 2 is 1.60 bits per heavy atom. The second kappa shape index (κ2) is 6.23. The molecule has 2 aromatic rings. The van der Waals surface area contributed by atoms with Crippen LogP contribution in [0.5, 0.6) is 0 Å². The van der Waals surface area contributed by atoms with Crippen molar-refractivity contribution in [1.82, 2.24) is 5.32 Å². The van der Waals surface area contributed by atoms with Crippen molar-refractivity contribution in [2.75, 3.05) is 6.54 Å². The molecule has 0 spiro atoms. The molecule has 2 unspecified atom stereocenters. The Labute approximate surface area is 122 Å². The molecule has 0 radical (unpaired) electrons. The third-order valence-electron chi connectivity index (χ3n) is 4.44. The number of benzene rings is 2. The summed E-state index contributed by atoms with van der Waals surface area (Å²) in [5, 5.41) is 3.75. The minimum Gasteiger partial charge on any atom is -0.310 e. The highest BCUT2D eigenvalue weighted by atomic mass is 14.9. The van der Waals surface area contributed by atoms with E-state index < -0.39 is 0 Å². The van der Waals surface area contributed by atoms with Crippen LogP contribution in [0.25, 0.3) is 0 Å². The second-order valence-corrected chi connectivity index (χ2v) is 5.85. The van der Waals surface area contributed by atoms with Crippen LogP contribution >= 0.6 is 0 Å². The quantitative estimate of drug-likeness (QED) is 0.860. The number of hydrogen-bond acceptors (Lipinski definition) is 1. The first-order valence-electron chi connectivity index (χ1n) is 7.71. The summed E-state index contributed by atoms with van der Waals surface area (Å²) < 4.78 is 0. The van der Waals surface area contributed by atoms with Gasteiger partial charge in [-0.25, -0.2) is 0 Å². The van der Waals surface area contributed by atoms with Gasteiger partial charge in [0.05, 0.1) is 0 Å². The molecule has 1 aliphatic carbocycles. The van der Waals surface area contributed by atoms with E-state index in [1.807, 2.05) is 0 Å². The van der Waals surface area contributed by atoms with E-state index in [1.165, 1.54) is 29.5 Å². The van der Waals surface area contributed by atoms with Crippen LogP contribution < -0.4 is 5.32 Å². The van der Waals surface area contributed by atoms with Crippen LogP contribution in [0.4, 0.5) is 0 Å². The molecule has 2 atom stereocenters. The van der Waals surface area contributed by atoms with Crippen LogP contribution in [0.1, 0.15) is 48.4 Å². The highest BCUT2D eigenvalue weighted by Crippen LogP contribution is 2.36. The lowest BCUT2D eigenvalue weighted by atomic mass is 9.81. The maximum absolute atomic E-state index is 3.75. The largest absolute Gasteiger partial charge is 0.310 e. The van der Waals surface area contributed by atoms with Gasteiger partial charge in [-0.2, -0.15) is 0 Å². The van der Waals surface area contributed by atoms with Crippen molar-refractivity contribution in [2.45, 2.75) is 38.1 Å². The maximum Gasteiger partial charge on any atom is 0.0323 e. The summed E-state index contributed by atoms with van der Waals surface area (Å²) in [5.41, 5.74) is 4.47. The van der Waals surface area contributed by atoms with Gasteiger partial charge >= 0.3 is 0 Å². The van der Waals surface area contributed by atoms with Gasteiger partial charge in [-0.1, -0.05) is 61.5 Å². The number of fused-ring (bicyclic) bond motifs is 1. The van der Waals surface area contributed by atoms with Gasteiger partial charge < -0.3 is 5.32 Å². The van der Waals surface area contributed by atoms with Gasteiger partial charge in [0.25, 0.3) is 0 Å². The molecule has 0 saturated carbocycles. The van der Waals surface area contributed by atoms with E-state index in [0.29, 0.717) is 12.0 Å². The predicted molar refractivity (Wildman–Crippen MR) is 85.0 cm³/mol. The van der Waals surface area contributed by atoms with E-state index in [9.17, 15) is 0 Å². The van der Waals surface area contributed by atoms with Crippen LogP contribution in [0.2, 0.25) is 0 Å². The minimum absolute atomic E-state index is 0.533.